The molecule has 96 valence electrons. The van der Waals surface area contributed by atoms with Crippen molar-refractivity contribution in [1.82, 2.24) is 4.98 Å². The molecular weight excluding hydrogens is 265 g/mol. The number of Topliss-reactive ketones (excluding diaryl/α,β-unsaturated/α-hetero) is 1. The van der Waals surface area contributed by atoms with Crippen molar-refractivity contribution in [3.8, 4) is 5.75 Å². The molecule has 0 amide bonds. The summed E-state index contributed by atoms with van der Waals surface area (Å²) >= 11 is 1.54. The molecule has 5 heteroatoms. The molecule has 1 atom stereocenters. The second-order valence-electron chi connectivity index (χ2n) is 4.08. The Morgan fingerprint density at radius 2 is 2.21 bits per heavy atom. The Kier molecular flexibility index (Phi) is 3.21. The molecule has 19 heavy (non-hydrogen) atoms. The smallest absolute Gasteiger partial charge is 0.207 e. The number of halogens is 1. The number of ketones is 1. The van der Waals surface area contributed by atoms with E-state index in [1.807, 2.05) is 24.3 Å². The molecule has 0 fully saturated rings. The SMILES string of the molecule is O=C(c1ccncc1F)C1CSc2ccccc2O1. The van der Waals surface area contributed by atoms with Crippen LogP contribution in [0.3, 0.4) is 0 Å². The molecule has 1 aliphatic rings. The van der Waals surface area contributed by atoms with E-state index in [1.165, 1.54) is 12.3 Å². The van der Waals surface area contributed by atoms with E-state index in [0.717, 1.165) is 11.1 Å². The van der Waals surface area contributed by atoms with Gasteiger partial charge < -0.3 is 4.74 Å². The summed E-state index contributed by atoms with van der Waals surface area (Å²) in [5.74, 6) is 0.200. The van der Waals surface area contributed by atoms with Crippen LogP contribution in [-0.4, -0.2) is 22.6 Å². The second-order valence-corrected chi connectivity index (χ2v) is 5.15. The third-order valence-corrected chi connectivity index (χ3v) is 3.96. The summed E-state index contributed by atoms with van der Waals surface area (Å²) in [6, 6.07) is 8.89. The number of rotatable bonds is 2. The average Bonchev–Trinajstić information content (AvgIpc) is 2.46. The predicted molar refractivity (Wildman–Crippen MR) is 70.1 cm³/mol. The van der Waals surface area contributed by atoms with Crippen LogP contribution >= 0.6 is 11.8 Å². The lowest BCUT2D eigenvalue weighted by atomic mass is 10.1. The van der Waals surface area contributed by atoms with Crippen molar-refractivity contribution in [3.63, 3.8) is 0 Å². The first-order valence-electron chi connectivity index (χ1n) is 5.78. The average molecular weight is 275 g/mol. The van der Waals surface area contributed by atoms with Crippen LogP contribution in [-0.2, 0) is 0 Å². The van der Waals surface area contributed by atoms with Gasteiger partial charge in [0.05, 0.1) is 11.8 Å². The van der Waals surface area contributed by atoms with Crippen molar-refractivity contribution in [2.45, 2.75) is 11.0 Å². The maximum atomic E-state index is 13.5. The molecular formula is C14H10FNO2S. The number of carbonyl (C=O) groups excluding carboxylic acids is 1. The number of nitrogens with zero attached hydrogens (tertiary/aromatic N) is 1. The summed E-state index contributed by atoms with van der Waals surface area (Å²) in [5.41, 5.74) is 0.0278. The zero-order valence-electron chi connectivity index (χ0n) is 9.88. The molecule has 0 N–H and O–H groups in total. The van der Waals surface area contributed by atoms with Crippen molar-refractivity contribution >= 4 is 17.5 Å². The number of thioether (sulfide) groups is 1. The molecule has 0 saturated carbocycles. The monoisotopic (exact) mass is 275 g/mol. The molecule has 0 radical (unpaired) electrons. The zero-order chi connectivity index (χ0) is 13.2. The molecule has 3 rings (SSSR count). The first-order valence-corrected chi connectivity index (χ1v) is 6.76. The fraction of sp³-hybridized carbons (Fsp3) is 0.143. The number of aromatic nitrogens is 1. The Morgan fingerprint density at radius 1 is 1.37 bits per heavy atom. The Hall–Kier alpha value is -1.88. The van der Waals surface area contributed by atoms with Crippen LogP contribution in [0.15, 0.2) is 47.6 Å². The highest BCUT2D eigenvalue weighted by molar-refractivity contribution is 7.99. The summed E-state index contributed by atoms with van der Waals surface area (Å²) in [4.78, 5) is 16.9. The highest BCUT2D eigenvalue weighted by Gasteiger charge is 2.28. The fourth-order valence-corrected chi connectivity index (χ4v) is 2.88. The van der Waals surface area contributed by atoms with Crippen LogP contribution in [0, 0.1) is 5.82 Å². The van der Waals surface area contributed by atoms with Gasteiger partial charge in [0.1, 0.15) is 5.75 Å². The van der Waals surface area contributed by atoms with Crippen LogP contribution in [0.2, 0.25) is 0 Å². The van der Waals surface area contributed by atoms with Crippen molar-refractivity contribution in [3.05, 3.63) is 54.1 Å². The van der Waals surface area contributed by atoms with Crippen molar-refractivity contribution < 1.29 is 13.9 Å². The summed E-state index contributed by atoms with van der Waals surface area (Å²) in [7, 11) is 0. The normalized spacial score (nSPS) is 17.4. The van der Waals surface area contributed by atoms with Gasteiger partial charge in [-0.15, -0.1) is 11.8 Å². The minimum atomic E-state index is -0.656. The molecule has 0 aliphatic carbocycles. The Morgan fingerprint density at radius 3 is 3.05 bits per heavy atom. The number of benzene rings is 1. The number of pyridine rings is 1. The molecule has 2 aromatic rings. The van der Waals surface area contributed by atoms with Gasteiger partial charge >= 0.3 is 0 Å². The first-order chi connectivity index (χ1) is 9.25. The predicted octanol–water partition coefficient (Wildman–Crippen LogP) is 2.96. The molecule has 1 aliphatic heterocycles. The van der Waals surface area contributed by atoms with Gasteiger partial charge in [-0.05, 0) is 18.2 Å². The van der Waals surface area contributed by atoms with Gasteiger partial charge in [0.2, 0.25) is 5.78 Å². The Labute approximate surface area is 113 Å². The van der Waals surface area contributed by atoms with E-state index in [9.17, 15) is 9.18 Å². The first kappa shape index (κ1) is 12.2. The van der Waals surface area contributed by atoms with Crippen LogP contribution in [0.5, 0.6) is 5.75 Å². The van der Waals surface area contributed by atoms with Gasteiger partial charge in [-0.2, -0.15) is 0 Å². The zero-order valence-corrected chi connectivity index (χ0v) is 10.7. The largest absolute Gasteiger partial charge is 0.480 e. The quantitative estimate of drug-likeness (QED) is 0.790. The van der Waals surface area contributed by atoms with Crippen LogP contribution in [0.25, 0.3) is 0 Å². The van der Waals surface area contributed by atoms with E-state index in [1.54, 1.807) is 11.8 Å². The van der Waals surface area contributed by atoms with Gasteiger partial charge in [-0.3, -0.25) is 9.78 Å². The van der Waals surface area contributed by atoms with E-state index in [4.69, 9.17) is 4.74 Å². The third kappa shape index (κ3) is 2.33. The molecule has 1 aromatic carbocycles. The number of ether oxygens (including phenoxy) is 1. The Bertz CT molecular complexity index is 632. The fourth-order valence-electron chi connectivity index (χ4n) is 1.90. The Balaban J connectivity index is 1.86. The van der Waals surface area contributed by atoms with Crippen LogP contribution in [0.4, 0.5) is 4.39 Å². The van der Waals surface area contributed by atoms with Gasteiger partial charge in [0.25, 0.3) is 0 Å². The maximum Gasteiger partial charge on any atom is 0.207 e. The summed E-state index contributed by atoms with van der Waals surface area (Å²) < 4.78 is 19.2. The number of fused-ring (bicyclic) bond motifs is 1. The number of para-hydroxylation sites is 1. The lowest BCUT2D eigenvalue weighted by molar-refractivity contribution is 0.0810. The van der Waals surface area contributed by atoms with E-state index in [-0.39, 0.29) is 11.3 Å². The van der Waals surface area contributed by atoms with E-state index < -0.39 is 11.9 Å². The minimum Gasteiger partial charge on any atom is -0.480 e. The molecule has 1 unspecified atom stereocenters. The maximum absolute atomic E-state index is 13.5. The molecule has 0 spiro atoms. The number of hydrogen-bond donors (Lipinski definition) is 0. The standard InChI is InChI=1S/C14H10FNO2S/c15-10-7-16-6-5-9(10)14(17)12-8-19-13-4-2-1-3-11(13)18-12/h1-7,12H,8H2. The van der Waals surface area contributed by atoms with Crippen molar-refractivity contribution in [1.29, 1.82) is 0 Å². The highest BCUT2D eigenvalue weighted by Crippen LogP contribution is 2.35. The molecule has 0 saturated heterocycles. The van der Waals surface area contributed by atoms with Crippen molar-refractivity contribution in [2.75, 3.05) is 5.75 Å². The van der Waals surface area contributed by atoms with Crippen LogP contribution in [0.1, 0.15) is 10.4 Å². The molecule has 0 bridgehead atoms. The van der Waals surface area contributed by atoms with E-state index in [0.29, 0.717) is 11.5 Å². The molecule has 2 heterocycles. The topological polar surface area (TPSA) is 39.2 Å². The summed E-state index contributed by atoms with van der Waals surface area (Å²) in [6.07, 6.45) is 1.79. The van der Waals surface area contributed by atoms with E-state index in [2.05, 4.69) is 4.98 Å². The second kappa shape index (κ2) is 5.01. The lowest BCUT2D eigenvalue weighted by Crippen LogP contribution is -2.32. The van der Waals surface area contributed by atoms with Gasteiger partial charge in [-0.1, -0.05) is 12.1 Å². The van der Waals surface area contributed by atoms with Crippen LogP contribution < -0.4 is 4.74 Å². The molecule has 3 nitrogen and oxygen atoms in total. The van der Waals surface area contributed by atoms with Gasteiger partial charge in [-0.25, -0.2) is 4.39 Å². The number of carbonyl (C=O) groups is 1. The van der Waals surface area contributed by atoms with Gasteiger partial charge in [0, 0.05) is 16.8 Å². The minimum absolute atomic E-state index is 0.0278. The lowest BCUT2D eigenvalue weighted by Gasteiger charge is -2.24. The van der Waals surface area contributed by atoms with Gasteiger partial charge in [0.15, 0.2) is 11.9 Å². The third-order valence-electron chi connectivity index (χ3n) is 2.84. The number of hydrogen-bond acceptors (Lipinski definition) is 4. The summed E-state index contributed by atoms with van der Waals surface area (Å²) in [6.45, 7) is 0. The molecule has 1 aromatic heterocycles. The highest BCUT2D eigenvalue weighted by atomic mass is 32.2. The summed E-state index contributed by atoms with van der Waals surface area (Å²) in [5, 5.41) is 0. The van der Waals surface area contributed by atoms with Crippen molar-refractivity contribution in [2.24, 2.45) is 0 Å². The van der Waals surface area contributed by atoms with E-state index >= 15 is 0 Å².